The molecule has 0 saturated carbocycles. The van der Waals surface area contributed by atoms with E-state index in [2.05, 4.69) is 69.4 Å². The van der Waals surface area contributed by atoms with Gasteiger partial charge in [-0.1, -0.05) is 268 Å². The molecule has 0 aromatic carbocycles. The first-order chi connectivity index (χ1) is 36.0. The molecule has 0 fully saturated rings. The van der Waals surface area contributed by atoms with E-state index in [0.29, 0.717) is 19.3 Å². The summed E-state index contributed by atoms with van der Waals surface area (Å²) in [5.41, 5.74) is 0. The third-order valence-corrected chi connectivity index (χ3v) is 14.3. The number of carbonyl (C=O) groups excluding carboxylic acids is 3. The van der Waals surface area contributed by atoms with Crippen molar-refractivity contribution in [3.63, 3.8) is 0 Å². The molecule has 0 aromatic heterocycles. The Morgan fingerprint density at radius 3 is 0.795 bits per heavy atom. The van der Waals surface area contributed by atoms with Crippen molar-refractivity contribution in [1.29, 1.82) is 0 Å². The van der Waals surface area contributed by atoms with E-state index in [4.69, 9.17) is 14.2 Å². The lowest BCUT2D eigenvalue weighted by molar-refractivity contribution is -0.167. The van der Waals surface area contributed by atoms with Crippen molar-refractivity contribution in [2.75, 3.05) is 13.2 Å². The monoisotopic (exact) mass is 1020 g/mol. The molecule has 0 bridgehead atoms. The summed E-state index contributed by atoms with van der Waals surface area (Å²) in [6.45, 7) is 6.64. The van der Waals surface area contributed by atoms with E-state index < -0.39 is 6.10 Å². The van der Waals surface area contributed by atoms with Crippen molar-refractivity contribution in [1.82, 2.24) is 0 Å². The van der Waals surface area contributed by atoms with Gasteiger partial charge in [-0.15, -0.1) is 0 Å². The van der Waals surface area contributed by atoms with E-state index in [9.17, 15) is 14.4 Å². The minimum Gasteiger partial charge on any atom is -0.462 e. The van der Waals surface area contributed by atoms with Gasteiger partial charge in [-0.25, -0.2) is 0 Å². The van der Waals surface area contributed by atoms with E-state index in [1.54, 1.807) is 0 Å². The van der Waals surface area contributed by atoms with Gasteiger partial charge in [0.2, 0.25) is 0 Å². The number of rotatable bonds is 59. The molecule has 1 atom stereocenters. The van der Waals surface area contributed by atoms with E-state index in [1.807, 2.05) is 0 Å². The maximum absolute atomic E-state index is 12.9. The molecule has 0 heterocycles. The van der Waals surface area contributed by atoms with Gasteiger partial charge < -0.3 is 14.2 Å². The molecule has 0 radical (unpaired) electrons. The van der Waals surface area contributed by atoms with Crippen LogP contribution in [0.1, 0.15) is 342 Å². The van der Waals surface area contributed by atoms with Crippen molar-refractivity contribution in [3.05, 3.63) is 48.6 Å². The molecule has 0 saturated heterocycles. The lowest BCUT2D eigenvalue weighted by Gasteiger charge is -2.18. The van der Waals surface area contributed by atoms with Crippen LogP contribution in [0, 0.1) is 0 Å². The molecule has 0 rings (SSSR count). The Kier molecular flexibility index (Phi) is 59.7. The van der Waals surface area contributed by atoms with Crippen LogP contribution in [-0.2, 0) is 28.6 Å². The topological polar surface area (TPSA) is 78.9 Å². The van der Waals surface area contributed by atoms with Crippen LogP contribution in [0.15, 0.2) is 48.6 Å². The molecule has 6 nitrogen and oxygen atoms in total. The second kappa shape index (κ2) is 61.9. The number of hydrogen-bond acceptors (Lipinski definition) is 6. The molecule has 0 N–H and O–H groups in total. The summed E-state index contributed by atoms with van der Waals surface area (Å²) >= 11 is 0. The van der Waals surface area contributed by atoms with Crippen LogP contribution >= 0.6 is 0 Å². The van der Waals surface area contributed by atoms with Gasteiger partial charge >= 0.3 is 17.9 Å². The molecule has 426 valence electrons. The molecular formula is C67H122O6. The molecule has 6 heteroatoms. The molecule has 0 amide bonds. The lowest BCUT2D eigenvalue weighted by Crippen LogP contribution is -2.30. The van der Waals surface area contributed by atoms with Crippen molar-refractivity contribution < 1.29 is 28.6 Å². The highest BCUT2D eigenvalue weighted by molar-refractivity contribution is 5.71. The maximum atomic E-state index is 12.9. The van der Waals surface area contributed by atoms with E-state index in [1.165, 1.54) is 231 Å². The molecular weight excluding hydrogens is 901 g/mol. The average molecular weight is 1020 g/mol. The van der Waals surface area contributed by atoms with Crippen LogP contribution in [0.5, 0.6) is 0 Å². The Hall–Kier alpha value is -2.63. The normalized spacial score (nSPS) is 12.3. The summed E-state index contributed by atoms with van der Waals surface area (Å²) in [5, 5.41) is 0. The fourth-order valence-corrected chi connectivity index (χ4v) is 9.41. The standard InChI is InChI=1S/C67H122O6/c1-4-7-10-13-16-19-22-25-27-29-31-32-33-34-35-36-37-39-40-42-45-48-51-54-57-60-66(69)72-63-64(62-71-65(68)59-56-53-50-47-44-24-21-18-15-12-9-6-3)73-67(70)61-58-55-52-49-46-43-41-38-30-28-26-23-20-17-14-11-8-5-2/h18,21-22,25,28-31,64H,4-17,19-20,23-24,26-27,32-63H2,1-3H3/b21-18-,25-22-,30-28-,31-29-. The number of carbonyl (C=O) groups is 3. The first kappa shape index (κ1) is 70.4. The molecule has 0 aliphatic rings. The number of unbranched alkanes of at least 4 members (excludes halogenated alkanes) is 40. The number of allylic oxidation sites excluding steroid dienone is 8. The van der Waals surface area contributed by atoms with Crippen LogP contribution in [0.3, 0.4) is 0 Å². The van der Waals surface area contributed by atoms with Crippen LogP contribution in [0.4, 0.5) is 0 Å². The Bertz CT molecular complexity index is 1270. The summed E-state index contributed by atoms with van der Waals surface area (Å²) < 4.78 is 16.9. The Morgan fingerprint density at radius 1 is 0.274 bits per heavy atom. The quantitative estimate of drug-likeness (QED) is 0.0261. The predicted molar refractivity (Wildman–Crippen MR) is 316 cm³/mol. The van der Waals surface area contributed by atoms with E-state index in [0.717, 1.165) is 70.6 Å². The van der Waals surface area contributed by atoms with Crippen LogP contribution in [0.25, 0.3) is 0 Å². The summed E-state index contributed by atoms with van der Waals surface area (Å²) in [6.07, 6.45) is 76.9. The number of ether oxygens (including phenoxy) is 3. The van der Waals surface area contributed by atoms with Gasteiger partial charge in [0, 0.05) is 19.3 Å². The van der Waals surface area contributed by atoms with Gasteiger partial charge in [0.1, 0.15) is 13.2 Å². The van der Waals surface area contributed by atoms with Crippen LogP contribution < -0.4 is 0 Å². The zero-order valence-corrected chi connectivity index (χ0v) is 48.9. The third-order valence-electron chi connectivity index (χ3n) is 14.3. The van der Waals surface area contributed by atoms with Crippen molar-refractivity contribution in [2.45, 2.75) is 348 Å². The summed E-state index contributed by atoms with van der Waals surface area (Å²) in [4.78, 5) is 38.3. The smallest absolute Gasteiger partial charge is 0.306 e. The minimum atomic E-state index is -0.778. The van der Waals surface area contributed by atoms with Crippen LogP contribution in [-0.4, -0.2) is 37.2 Å². The summed E-state index contributed by atoms with van der Waals surface area (Å²) in [5.74, 6) is -0.872. The first-order valence-corrected chi connectivity index (χ1v) is 32.1. The van der Waals surface area contributed by atoms with E-state index in [-0.39, 0.29) is 31.1 Å². The largest absolute Gasteiger partial charge is 0.462 e. The summed E-state index contributed by atoms with van der Waals surface area (Å²) in [6, 6.07) is 0. The minimum absolute atomic E-state index is 0.0754. The molecule has 1 unspecified atom stereocenters. The van der Waals surface area contributed by atoms with Crippen LogP contribution in [0.2, 0.25) is 0 Å². The van der Waals surface area contributed by atoms with Gasteiger partial charge in [0.25, 0.3) is 0 Å². The molecule has 0 aliphatic heterocycles. The fraction of sp³-hybridized carbons (Fsp3) is 0.836. The number of esters is 3. The zero-order chi connectivity index (χ0) is 52.9. The number of hydrogen-bond donors (Lipinski definition) is 0. The fourth-order valence-electron chi connectivity index (χ4n) is 9.41. The lowest BCUT2D eigenvalue weighted by atomic mass is 10.0. The Morgan fingerprint density at radius 2 is 0.493 bits per heavy atom. The molecule has 0 aliphatic carbocycles. The van der Waals surface area contributed by atoms with Crippen molar-refractivity contribution in [3.8, 4) is 0 Å². The highest BCUT2D eigenvalue weighted by Crippen LogP contribution is 2.17. The van der Waals surface area contributed by atoms with Crippen molar-refractivity contribution >= 4 is 17.9 Å². The second-order valence-electron chi connectivity index (χ2n) is 21.7. The molecule has 0 spiro atoms. The second-order valence-corrected chi connectivity index (χ2v) is 21.7. The highest BCUT2D eigenvalue weighted by Gasteiger charge is 2.19. The Balaban J connectivity index is 4.25. The molecule has 73 heavy (non-hydrogen) atoms. The molecule has 0 aromatic rings. The van der Waals surface area contributed by atoms with Gasteiger partial charge in [-0.2, -0.15) is 0 Å². The zero-order valence-electron chi connectivity index (χ0n) is 48.9. The average Bonchev–Trinajstić information content (AvgIpc) is 3.39. The van der Waals surface area contributed by atoms with Gasteiger partial charge in [-0.3, -0.25) is 14.4 Å². The predicted octanol–water partition coefficient (Wildman–Crippen LogP) is 21.8. The van der Waals surface area contributed by atoms with Crippen molar-refractivity contribution in [2.24, 2.45) is 0 Å². The Labute approximate surface area is 454 Å². The maximum Gasteiger partial charge on any atom is 0.306 e. The highest BCUT2D eigenvalue weighted by atomic mass is 16.6. The van der Waals surface area contributed by atoms with Gasteiger partial charge in [-0.05, 0) is 103 Å². The third kappa shape index (κ3) is 60.1. The first-order valence-electron chi connectivity index (χ1n) is 32.1. The van der Waals surface area contributed by atoms with Gasteiger partial charge in [0.15, 0.2) is 6.10 Å². The van der Waals surface area contributed by atoms with Gasteiger partial charge in [0.05, 0.1) is 0 Å². The SMILES string of the molecule is CCCCC/C=C\CCCCCCCC(=O)OCC(COC(=O)CCCCCCCCCCCCCCC/C=C\C/C=C\CCCCCCC)OC(=O)CCCCCCCCC/C=C\CCCCCCCCC. The summed E-state index contributed by atoms with van der Waals surface area (Å²) in [7, 11) is 0. The van der Waals surface area contributed by atoms with E-state index >= 15 is 0 Å².